The summed E-state index contributed by atoms with van der Waals surface area (Å²) < 4.78 is 10.4. The SMILES string of the molecule is Cc1cc(NC(=O)C2CC2(Cl)Cl)ccc1OC1CCOCC1. The molecule has 0 aromatic heterocycles. The standard InChI is InChI=1S/C16H19Cl2NO3/c1-10-8-11(19-15(20)13-9-16(13,17)18)2-3-14(10)22-12-4-6-21-7-5-12/h2-3,8,12-13H,4-7,9H2,1H3,(H,19,20). The van der Waals surface area contributed by atoms with Crippen LogP contribution in [0.3, 0.4) is 0 Å². The van der Waals surface area contributed by atoms with E-state index in [4.69, 9.17) is 32.7 Å². The lowest BCUT2D eigenvalue weighted by atomic mass is 10.1. The third-order valence-corrected chi connectivity index (χ3v) is 4.88. The van der Waals surface area contributed by atoms with Crippen LogP contribution in [-0.4, -0.2) is 29.6 Å². The van der Waals surface area contributed by atoms with Crippen LogP contribution in [-0.2, 0) is 9.53 Å². The Kier molecular flexibility index (Phi) is 4.53. The minimum Gasteiger partial charge on any atom is -0.490 e. The van der Waals surface area contributed by atoms with Gasteiger partial charge in [0.2, 0.25) is 5.91 Å². The number of alkyl halides is 2. The number of ether oxygens (including phenoxy) is 2. The van der Waals surface area contributed by atoms with Crippen molar-refractivity contribution in [3.63, 3.8) is 0 Å². The van der Waals surface area contributed by atoms with Crippen LogP contribution in [0.15, 0.2) is 18.2 Å². The molecule has 6 heteroatoms. The number of amides is 1. The predicted octanol–water partition coefficient (Wildman–Crippen LogP) is 3.69. The van der Waals surface area contributed by atoms with Gasteiger partial charge in [0, 0.05) is 18.5 Å². The van der Waals surface area contributed by atoms with Crippen LogP contribution >= 0.6 is 23.2 Å². The number of nitrogens with one attached hydrogen (secondary N) is 1. The maximum Gasteiger partial charge on any atom is 0.230 e. The molecule has 22 heavy (non-hydrogen) atoms. The van der Waals surface area contributed by atoms with Gasteiger partial charge in [-0.1, -0.05) is 0 Å². The second-order valence-electron chi connectivity index (χ2n) is 5.92. The van der Waals surface area contributed by atoms with Crippen molar-refractivity contribution in [1.29, 1.82) is 0 Å². The highest BCUT2D eigenvalue weighted by molar-refractivity contribution is 6.52. The van der Waals surface area contributed by atoms with Gasteiger partial charge in [-0.15, -0.1) is 23.2 Å². The van der Waals surface area contributed by atoms with E-state index >= 15 is 0 Å². The molecule has 0 bridgehead atoms. The Labute approximate surface area is 140 Å². The Balaban J connectivity index is 1.60. The molecule has 1 N–H and O–H groups in total. The predicted molar refractivity (Wildman–Crippen MR) is 86.8 cm³/mol. The molecule has 0 spiro atoms. The molecule has 1 aliphatic heterocycles. The van der Waals surface area contributed by atoms with Gasteiger partial charge in [0.05, 0.1) is 19.1 Å². The van der Waals surface area contributed by atoms with Gasteiger partial charge in [-0.3, -0.25) is 4.79 Å². The zero-order valence-corrected chi connectivity index (χ0v) is 13.9. The molecule has 1 saturated carbocycles. The van der Waals surface area contributed by atoms with E-state index in [1.165, 1.54) is 0 Å². The fourth-order valence-electron chi connectivity index (χ4n) is 2.56. The number of rotatable bonds is 4. The first-order valence-corrected chi connectivity index (χ1v) is 8.25. The van der Waals surface area contributed by atoms with Crippen LogP contribution in [0.5, 0.6) is 5.75 Å². The molecule has 120 valence electrons. The Bertz CT molecular complexity index is 571. The van der Waals surface area contributed by atoms with E-state index in [1.54, 1.807) is 0 Å². The zero-order valence-electron chi connectivity index (χ0n) is 12.4. The lowest BCUT2D eigenvalue weighted by Gasteiger charge is -2.24. The second kappa shape index (κ2) is 6.26. The summed E-state index contributed by atoms with van der Waals surface area (Å²) in [5.41, 5.74) is 1.72. The molecule has 0 radical (unpaired) electrons. The van der Waals surface area contributed by atoms with E-state index in [0.717, 1.165) is 43.1 Å². The number of aryl methyl sites for hydroxylation is 1. The molecule has 1 saturated heterocycles. The molecular formula is C16H19Cl2NO3. The van der Waals surface area contributed by atoms with Gasteiger partial charge in [0.1, 0.15) is 16.2 Å². The topological polar surface area (TPSA) is 47.6 Å². The van der Waals surface area contributed by atoms with Gasteiger partial charge in [0.15, 0.2) is 0 Å². The molecule has 1 aromatic rings. The van der Waals surface area contributed by atoms with E-state index in [2.05, 4.69) is 5.32 Å². The monoisotopic (exact) mass is 343 g/mol. The van der Waals surface area contributed by atoms with Gasteiger partial charge < -0.3 is 14.8 Å². The third-order valence-electron chi connectivity index (χ3n) is 4.05. The van der Waals surface area contributed by atoms with Crippen molar-refractivity contribution in [3.8, 4) is 5.75 Å². The maximum absolute atomic E-state index is 12.0. The zero-order chi connectivity index (χ0) is 15.7. The molecule has 1 atom stereocenters. The quantitative estimate of drug-likeness (QED) is 0.848. The van der Waals surface area contributed by atoms with Crippen LogP contribution in [0, 0.1) is 12.8 Å². The van der Waals surface area contributed by atoms with Crippen LogP contribution in [0.2, 0.25) is 0 Å². The Morgan fingerprint density at radius 1 is 1.36 bits per heavy atom. The number of carbonyl (C=O) groups is 1. The van der Waals surface area contributed by atoms with Crippen LogP contribution in [0.1, 0.15) is 24.8 Å². The molecule has 1 aromatic carbocycles. The highest BCUT2D eigenvalue weighted by Crippen LogP contribution is 2.53. The first kappa shape index (κ1) is 15.9. The van der Waals surface area contributed by atoms with E-state index in [0.29, 0.717) is 6.42 Å². The Morgan fingerprint density at radius 2 is 2.05 bits per heavy atom. The minimum atomic E-state index is -0.898. The number of hydrogen-bond donors (Lipinski definition) is 1. The highest BCUT2D eigenvalue weighted by Gasteiger charge is 2.56. The normalized spacial score (nSPS) is 23.9. The number of carbonyl (C=O) groups excluding carboxylic acids is 1. The molecule has 2 aliphatic rings. The summed E-state index contributed by atoms with van der Waals surface area (Å²) in [6.45, 7) is 3.46. The Morgan fingerprint density at radius 3 is 2.64 bits per heavy atom. The van der Waals surface area contributed by atoms with Crippen molar-refractivity contribution in [2.24, 2.45) is 5.92 Å². The van der Waals surface area contributed by atoms with Crippen molar-refractivity contribution >= 4 is 34.8 Å². The molecule has 4 nitrogen and oxygen atoms in total. The third kappa shape index (κ3) is 3.67. The van der Waals surface area contributed by atoms with Crippen molar-refractivity contribution < 1.29 is 14.3 Å². The van der Waals surface area contributed by atoms with Crippen molar-refractivity contribution in [1.82, 2.24) is 0 Å². The maximum atomic E-state index is 12.0. The van der Waals surface area contributed by atoms with Gasteiger partial charge in [-0.2, -0.15) is 0 Å². The van der Waals surface area contributed by atoms with E-state index in [1.807, 2.05) is 25.1 Å². The van der Waals surface area contributed by atoms with Crippen molar-refractivity contribution in [2.75, 3.05) is 18.5 Å². The highest BCUT2D eigenvalue weighted by atomic mass is 35.5. The number of benzene rings is 1. The molecule has 1 heterocycles. The largest absolute Gasteiger partial charge is 0.490 e. The van der Waals surface area contributed by atoms with E-state index < -0.39 is 4.33 Å². The molecule has 1 aliphatic carbocycles. The van der Waals surface area contributed by atoms with Crippen LogP contribution in [0.4, 0.5) is 5.69 Å². The van der Waals surface area contributed by atoms with Crippen molar-refractivity contribution in [3.05, 3.63) is 23.8 Å². The summed E-state index contributed by atoms with van der Waals surface area (Å²) in [5, 5.41) is 2.85. The smallest absolute Gasteiger partial charge is 0.230 e. The number of hydrogen-bond acceptors (Lipinski definition) is 3. The first-order valence-electron chi connectivity index (χ1n) is 7.49. The molecular weight excluding hydrogens is 325 g/mol. The first-order chi connectivity index (χ1) is 10.5. The summed E-state index contributed by atoms with van der Waals surface area (Å²) in [5.74, 6) is 0.386. The summed E-state index contributed by atoms with van der Waals surface area (Å²) in [6, 6.07) is 5.63. The van der Waals surface area contributed by atoms with Gasteiger partial charge >= 0.3 is 0 Å². The van der Waals surface area contributed by atoms with Gasteiger partial charge in [-0.05, 0) is 37.1 Å². The van der Waals surface area contributed by atoms with Crippen LogP contribution < -0.4 is 10.1 Å². The average molecular weight is 344 g/mol. The number of halogens is 2. The Hall–Kier alpha value is -0.970. The fraction of sp³-hybridized carbons (Fsp3) is 0.562. The van der Waals surface area contributed by atoms with Gasteiger partial charge in [0.25, 0.3) is 0 Å². The summed E-state index contributed by atoms with van der Waals surface area (Å²) >= 11 is 11.8. The van der Waals surface area contributed by atoms with Gasteiger partial charge in [-0.25, -0.2) is 0 Å². The summed E-state index contributed by atoms with van der Waals surface area (Å²) in [7, 11) is 0. The lowest BCUT2D eigenvalue weighted by Crippen LogP contribution is -2.26. The molecule has 2 fully saturated rings. The summed E-state index contributed by atoms with van der Waals surface area (Å²) in [4.78, 5) is 12.0. The molecule has 3 rings (SSSR count). The fourth-order valence-corrected chi connectivity index (χ4v) is 3.07. The molecule has 1 unspecified atom stereocenters. The van der Waals surface area contributed by atoms with Crippen molar-refractivity contribution in [2.45, 2.75) is 36.6 Å². The minimum absolute atomic E-state index is 0.137. The number of anilines is 1. The van der Waals surface area contributed by atoms with E-state index in [-0.39, 0.29) is 17.9 Å². The lowest BCUT2D eigenvalue weighted by molar-refractivity contribution is -0.117. The average Bonchev–Trinajstić information content (AvgIpc) is 3.12. The van der Waals surface area contributed by atoms with Crippen LogP contribution in [0.25, 0.3) is 0 Å². The second-order valence-corrected chi connectivity index (χ2v) is 7.46. The molecule has 1 amide bonds. The van der Waals surface area contributed by atoms with E-state index in [9.17, 15) is 4.79 Å². The summed E-state index contributed by atoms with van der Waals surface area (Å²) in [6.07, 6.45) is 2.53.